The van der Waals surface area contributed by atoms with E-state index in [1.807, 2.05) is 0 Å². The lowest BCUT2D eigenvalue weighted by Crippen LogP contribution is -2.16. The van der Waals surface area contributed by atoms with Crippen LogP contribution in [0.2, 0.25) is 0 Å². The molecule has 0 atom stereocenters. The second-order valence-corrected chi connectivity index (χ2v) is 8.77. The van der Waals surface area contributed by atoms with E-state index in [2.05, 4.69) is 26.0 Å². The van der Waals surface area contributed by atoms with Crippen molar-refractivity contribution in [3.05, 3.63) is 87.9 Å². The zero-order valence-corrected chi connectivity index (χ0v) is 17.4. The summed E-state index contributed by atoms with van der Waals surface area (Å²) < 4.78 is 55.5. The van der Waals surface area contributed by atoms with Gasteiger partial charge in [0.15, 0.2) is 0 Å². The van der Waals surface area contributed by atoms with Gasteiger partial charge in [0, 0.05) is 27.5 Å². The minimum Gasteiger partial charge on any atom is -0.322 e. The molecule has 9 heteroatoms. The minimum absolute atomic E-state index is 0.0383. The van der Waals surface area contributed by atoms with Crippen LogP contribution in [0.5, 0.6) is 0 Å². The van der Waals surface area contributed by atoms with Crippen LogP contribution in [-0.4, -0.2) is 14.3 Å². The number of rotatable bonds is 5. The largest absolute Gasteiger partial charge is 0.322 e. The van der Waals surface area contributed by atoms with Crippen LogP contribution < -0.4 is 10.0 Å². The Morgan fingerprint density at radius 2 is 1.48 bits per heavy atom. The molecule has 0 spiro atoms. The third-order valence-electron chi connectivity index (χ3n) is 3.96. The third-order valence-corrected chi connectivity index (χ3v) is 6.01. The van der Waals surface area contributed by atoms with Gasteiger partial charge in [-0.25, -0.2) is 17.2 Å². The summed E-state index contributed by atoms with van der Waals surface area (Å²) in [5.74, 6) is -2.54. The maximum Gasteiger partial charge on any atom is 0.262 e. The summed E-state index contributed by atoms with van der Waals surface area (Å²) in [5, 5.41) is 2.45. The maximum atomic E-state index is 13.3. The molecule has 29 heavy (non-hydrogen) atoms. The van der Waals surface area contributed by atoms with Crippen molar-refractivity contribution in [3.63, 3.8) is 0 Å². The summed E-state index contributed by atoms with van der Waals surface area (Å²) in [6.07, 6.45) is 0. The van der Waals surface area contributed by atoms with Crippen molar-refractivity contribution in [1.82, 2.24) is 0 Å². The number of halogens is 3. The molecule has 0 saturated heterocycles. The fourth-order valence-electron chi connectivity index (χ4n) is 2.58. The molecular formula is C20H15BrF2N2O3S. The second-order valence-electron chi connectivity index (χ2n) is 6.20. The quantitative estimate of drug-likeness (QED) is 0.533. The number of sulfonamides is 1. The van der Waals surface area contributed by atoms with E-state index in [0.717, 1.165) is 16.6 Å². The van der Waals surface area contributed by atoms with E-state index in [-0.39, 0.29) is 16.1 Å². The van der Waals surface area contributed by atoms with Crippen LogP contribution in [0.4, 0.5) is 20.2 Å². The first kappa shape index (κ1) is 20.9. The number of anilines is 2. The smallest absolute Gasteiger partial charge is 0.262 e. The molecule has 3 rings (SSSR count). The highest BCUT2D eigenvalue weighted by molar-refractivity contribution is 9.10. The van der Waals surface area contributed by atoms with Crippen LogP contribution in [0.25, 0.3) is 0 Å². The van der Waals surface area contributed by atoms with E-state index in [0.29, 0.717) is 17.3 Å². The van der Waals surface area contributed by atoms with Crippen molar-refractivity contribution in [3.8, 4) is 0 Å². The van der Waals surface area contributed by atoms with Crippen LogP contribution >= 0.6 is 15.9 Å². The Hall–Kier alpha value is -2.78. The number of hydrogen-bond acceptors (Lipinski definition) is 3. The lowest BCUT2D eigenvalue weighted by molar-refractivity contribution is 0.102. The zero-order chi connectivity index (χ0) is 21.2. The number of amides is 1. The maximum absolute atomic E-state index is 13.3. The van der Waals surface area contributed by atoms with Crippen molar-refractivity contribution < 1.29 is 22.0 Å². The average Bonchev–Trinajstić information content (AvgIpc) is 2.64. The fraction of sp³-hybridized carbons (Fsp3) is 0.0500. The Morgan fingerprint density at radius 3 is 2.10 bits per heavy atom. The molecule has 0 unspecified atom stereocenters. The van der Waals surface area contributed by atoms with E-state index in [1.54, 1.807) is 31.2 Å². The minimum atomic E-state index is -3.93. The van der Waals surface area contributed by atoms with E-state index in [4.69, 9.17) is 0 Å². The van der Waals surface area contributed by atoms with E-state index in [1.165, 1.54) is 18.2 Å². The molecule has 5 nitrogen and oxygen atoms in total. The molecule has 3 aromatic carbocycles. The number of carbonyl (C=O) groups is 1. The molecule has 0 aliphatic heterocycles. The first-order valence-corrected chi connectivity index (χ1v) is 10.6. The molecule has 2 N–H and O–H groups in total. The highest BCUT2D eigenvalue weighted by Gasteiger charge is 2.19. The lowest BCUT2D eigenvalue weighted by atomic mass is 10.2. The lowest BCUT2D eigenvalue weighted by Gasteiger charge is -2.13. The van der Waals surface area contributed by atoms with Gasteiger partial charge in [0.2, 0.25) is 0 Å². The number of benzene rings is 3. The van der Waals surface area contributed by atoms with Gasteiger partial charge in [-0.2, -0.15) is 0 Å². The predicted molar refractivity (Wildman–Crippen MR) is 110 cm³/mol. The van der Waals surface area contributed by atoms with Crippen LogP contribution in [0, 0.1) is 18.6 Å². The van der Waals surface area contributed by atoms with Gasteiger partial charge >= 0.3 is 0 Å². The van der Waals surface area contributed by atoms with Gasteiger partial charge in [-0.05, 0) is 61.0 Å². The predicted octanol–water partition coefficient (Wildman–Crippen LogP) is 5.09. The van der Waals surface area contributed by atoms with Crippen LogP contribution in [0.3, 0.4) is 0 Å². The molecule has 0 radical (unpaired) electrons. The summed E-state index contributed by atoms with van der Waals surface area (Å²) in [6, 6.07) is 13.3. The summed E-state index contributed by atoms with van der Waals surface area (Å²) in [7, 11) is -3.93. The summed E-state index contributed by atoms with van der Waals surface area (Å²) in [6.45, 7) is 1.61. The van der Waals surface area contributed by atoms with Gasteiger partial charge in [-0.3, -0.25) is 9.52 Å². The van der Waals surface area contributed by atoms with Gasteiger partial charge in [0.1, 0.15) is 11.6 Å². The Labute approximate surface area is 174 Å². The average molecular weight is 481 g/mol. The van der Waals surface area contributed by atoms with E-state index < -0.39 is 27.6 Å². The Kier molecular flexibility index (Phi) is 5.99. The molecule has 0 aliphatic carbocycles. The topological polar surface area (TPSA) is 75.3 Å². The number of nitrogens with one attached hydrogen (secondary N) is 2. The zero-order valence-electron chi connectivity index (χ0n) is 15.0. The molecule has 0 saturated carbocycles. The molecule has 0 aliphatic rings. The highest BCUT2D eigenvalue weighted by atomic mass is 79.9. The molecular weight excluding hydrogens is 466 g/mol. The van der Waals surface area contributed by atoms with Crippen molar-refractivity contribution in [2.75, 3.05) is 10.0 Å². The molecule has 1 amide bonds. The second kappa shape index (κ2) is 8.30. The highest BCUT2D eigenvalue weighted by Crippen LogP contribution is 2.24. The SMILES string of the molecule is Cc1ccc(NC(=O)c2cc(F)cc(F)c2)cc1S(=O)(=O)Nc1ccc(Br)cc1. The van der Waals surface area contributed by atoms with Crippen LogP contribution in [0.1, 0.15) is 15.9 Å². The summed E-state index contributed by atoms with van der Waals surface area (Å²) in [4.78, 5) is 12.2. The normalized spacial score (nSPS) is 11.2. The fourth-order valence-corrected chi connectivity index (χ4v) is 4.18. The Morgan fingerprint density at radius 1 is 0.897 bits per heavy atom. The van der Waals surface area contributed by atoms with Crippen molar-refractivity contribution in [1.29, 1.82) is 0 Å². The molecule has 0 heterocycles. The number of aryl methyl sites for hydroxylation is 1. The molecule has 3 aromatic rings. The third kappa shape index (κ3) is 5.18. The first-order chi connectivity index (χ1) is 13.6. The molecule has 150 valence electrons. The van der Waals surface area contributed by atoms with Gasteiger partial charge in [0.05, 0.1) is 4.90 Å². The molecule has 0 fully saturated rings. The Bertz CT molecular complexity index is 1160. The van der Waals surface area contributed by atoms with E-state index in [9.17, 15) is 22.0 Å². The summed E-state index contributed by atoms with van der Waals surface area (Å²) >= 11 is 3.28. The van der Waals surface area contributed by atoms with Crippen LogP contribution in [0.15, 0.2) is 70.0 Å². The van der Waals surface area contributed by atoms with Crippen LogP contribution in [-0.2, 0) is 10.0 Å². The molecule has 0 bridgehead atoms. The Balaban J connectivity index is 1.87. The van der Waals surface area contributed by atoms with Crippen molar-refractivity contribution >= 4 is 43.2 Å². The first-order valence-electron chi connectivity index (χ1n) is 8.30. The van der Waals surface area contributed by atoms with Crippen molar-refractivity contribution in [2.24, 2.45) is 0 Å². The van der Waals surface area contributed by atoms with E-state index >= 15 is 0 Å². The van der Waals surface area contributed by atoms with Gasteiger partial charge in [-0.15, -0.1) is 0 Å². The van der Waals surface area contributed by atoms with Gasteiger partial charge in [-0.1, -0.05) is 22.0 Å². The number of carbonyl (C=O) groups excluding carboxylic acids is 1. The standard InChI is InChI=1S/C20H15BrF2N2O3S/c1-12-2-5-18(24-20(26)13-8-15(22)10-16(23)9-13)11-19(12)29(27,28)25-17-6-3-14(21)4-7-17/h2-11,25H,1H3,(H,24,26). The van der Waals surface area contributed by atoms with Gasteiger partial charge in [0.25, 0.3) is 15.9 Å². The van der Waals surface area contributed by atoms with Crippen molar-refractivity contribution in [2.45, 2.75) is 11.8 Å². The summed E-state index contributed by atoms with van der Waals surface area (Å²) in [5.41, 5.74) is 0.781. The number of hydrogen-bond donors (Lipinski definition) is 2. The monoisotopic (exact) mass is 480 g/mol. The van der Waals surface area contributed by atoms with Gasteiger partial charge < -0.3 is 5.32 Å². The molecule has 0 aromatic heterocycles.